The quantitative estimate of drug-likeness (QED) is 0.473. The third kappa shape index (κ3) is 2.42. The summed E-state index contributed by atoms with van der Waals surface area (Å²) in [6, 6.07) is 0. The predicted molar refractivity (Wildman–Crippen MR) is 101 cm³/mol. The zero-order chi connectivity index (χ0) is 21.4. The zero-order valence-corrected chi connectivity index (χ0v) is 16.6. The van der Waals surface area contributed by atoms with Crippen LogP contribution in [0.15, 0.2) is 23.4 Å². The van der Waals surface area contributed by atoms with Crippen molar-refractivity contribution in [1.29, 1.82) is 0 Å². The van der Waals surface area contributed by atoms with Crippen LogP contribution in [0.3, 0.4) is 0 Å². The fourth-order valence-electron chi connectivity index (χ4n) is 7.26. The Morgan fingerprint density at radius 2 is 2.00 bits per heavy atom. The molecule has 29 heavy (non-hydrogen) atoms. The van der Waals surface area contributed by atoms with Gasteiger partial charge in [-0.3, -0.25) is 19.7 Å². The highest BCUT2D eigenvalue weighted by molar-refractivity contribution is 6.01. The van der Waals surface area contributed by atoms with Gasteiger partial charge < -0.3 is 15.3 Å². The molecule has 8 heteroatoms. The minimum atomic E-state index is -1.71. The van der Waals surface area contributed by atoms with E-state index in [2.05, 4.69) is 0 Å². The van der Waals surface area contributed by atoms with Gasteiger partial charge in [-0.25, -0.2) is 0 Å². The van der Waals surface area contributed by atoms with Crippen molar-refractivity contribution in [2.24, 2.45) is 28.6 Å². The van der Waals surface area contributed by atoms with Gasteiger partial charge in [0, 0.05) is 11.3 Å². The Hall–Kier alpha value is -1.90. The zero-order valence-electron chi connectivity index (χ0n) is 16.6. The summed E-state index contributed by atoms with van der Waals surface area (Å²) in [5.74, 6) is -1.76. The highest BCUT2D eigenvalue weighted by Gasteiger charge is 2.69. The summed E-state index contributed by atoms with van der Waals surface area (Å²) in [5.41, 5.74) is -3.19. The molecule has 0 bridgehead atoms. The van der Waals surface area contributed by atoms with E-state index in [4.69, 9.17) is 0 Å². The lowest BCUT2D eigenvalue weighted by Gasteiger charge is -2.59. The SMILES string of the molecule is C[C@@]12C(=CC(=O)C=C1[N+](=O)[O-])CC[C@@H]1[C@@H]2C(O)C[C@@]2(C)[C@H]1CC[C@]2(O)C(=O)CO. The number of hydrogen-bond acceptors (Lipinski definition) is 7. The first-order valence-electron chi connectivity index (χ1n) is 10.2. The molecule has 158 valence electrons. The van der Waals surface area contributed by atoms with Crippen LogP contribution in [0.5, 0.6) is 0 Å². The molecule has 3 fully saturated rings. The second kappa shape index (κ2) is 6.30. The van der Waals surface area contributed by atoms with Crippen LogP contribution in [0.25, 0.3) is 0 Å². The Morgan fingerprint density at radius 1 is 1.31 bits per heavy atom. The average Bonchev–Trinajstić information content (AvgIpc) is 2.92. The summed E-state index contributed by atoms with van der Waals surface area (Å²) in [7, 11) is 0. The maximum absolute atomic E-state index is 12.4. The van der Waals surface area contributed by atoms with E-state index >= 15 is 0 Å². The van der Waals surface area contributed by atoms with Crippen molar-refractivity contribution in [3.8, 4) is 0 Å². The summed E-state index contributed by atoms with van der Waals surface area (Å²) in [6.45, 7) is 2.77. The molecule has 0 aliphatic heterocycles. The maximum Gasteiger partial charge on any atom is 0.260 e. The van der Waals surface area contributed by atoms with Crippen molar-refractivity contribution in [3.63, 3.8) is 0 Å². The Labute approximate surface area is 168 Å². The summed E-state index contributed by atoms with van der Waals surface area (Å²) in [6.07, 6.45) is 3.55. The molecule has 3 N–H and O–H groups in total. The number of aliphatic hydroxyl groups is 3. The Bertz CT molecular complexity index is 863. The first-order chi connectivity index (χ1) is 13.5. The Morgan fingerprint density at radius 3 is 2.62 bits per heavy atom. The second-order valence-electron chi connectivity index (χ2n) is 9.56. The van der Waals surface area contributed by atoms with Gasteiger partial charge in [0.2, 0.25) is 0 Å². The molecule has 0 aromatic rings. The van der Waals surface area contributed by atoms with Crippen LogP contribution in [0.4, 0.5) is 0 Å². The maximum atomic E-state index is 12.4. The molecule has 0 radical (unpaired) electrons. The van der Waals surface area contributed by atoms with Crippen molar-refractivity contribution < 1.29 is 29.8 Å². The molecule has 0 aromatic heterocycles. The van der Waals surface area contributed by atoms with Gasteiger partial charge >= 0.3 is 0 Å². The normalized spacial score (nSPS) is 46.2. The molecule has 4 aliphatic carbocycles. The van der Waals surface area contributed by atoms with Crippen LogP contribution < -0.4 is 0 Å². The van der Waals surface area contributed by atoms with Gasteiger partial charge in [0.05, 0.1) is 22.5 Å². The Kier molecular flexibility index (Phi) is 4.42. The van der Waals surface area contributed by atoms with Gasteiger partial charge in [-0.1, -0.05) is 6.92 Å². The number of Topliss-reactive ketones (excluding diaryl/α,β-unsaturated/α-hetero) is 1. The molecule has 0 saturated heterocycles. The van der Waals surface area contributed by atoms with E-state index in [0.717, 1.165) is 6.08 Å². The summed E-state index contributed by atoms with van der Waals surface area (Å²) < 4.78 is 0. The number of carbonyl (C=O) groups is 2. The van der Waals surface area contributed by atoms with Crippen LogP contribution >= 0.6 is 0 Å². The van der Waals surface area contributed by atoms with Crippen LogP contribution in [0, 0.1) is 38.7 Å². The van der Waals surface area contributed by atoms with Gasteiger partial charge in [-0.05, 0) is 62.5 Å². The largest absolute Gasteiger partial charge is 0.393 e. The second-order valence-corrected chi connectivity index (χ2v) is 9.56. The molecule has 8 nitrogen and oxygen atoms in total. The minimum absolute atomic E-state index is 0.111. The fourth-order valence-corrected chi connectivity index (χ4v) is 7.26. The van der Waals surface area contributed by atoms with Gasteiger partial charge in [0.25, 0.3) is 5.70 Å². The first kappa shape index (κ1) is 20.4. The number of hydrogen-bond donors (Lipinski definition) is 3. The lowest BCUT2D eigenvalue weighted by molar-refractivity contribution is -0.443. The predicted octanol–water partition coefficient (Wildman–Crippen LogP) is 1.16. The van der Waals surface area contributed by atoms with E-state index in [9.17, 15) is 35.0 Å². The number of nitro groups is 1. The average molecular weight is 405 g/mol. The summed E-state index contributed by atoms with van der Waals surface area (Å²) >= 11 is 0. The molecule has 0 spiro atoms. The van der Waals surface area contributed by atoms with Crippen molar-refractivity contribution in [2.75, 3.05) is 6.61 Å². The molecule has 0 aromatic carbocycles. The highest BCUT2D eigenvalue weighted by atomic mass is 16.6. The van der Waals surface area contributed by atoms with Crippen LogP contribution in [0.1, 0.15) is 46.0 Å². The lowest BCUT2D eigenvalue weighted by atomic mass is 9.45. The van der Waals surface area contributed by atoms with Gasteiger partial charge in [-0.15, -0.1) is 0 Å². The number of nitrogens with zero attached hydrogens (tertiary/aromatic N) is 1. The monoisotopic (exact) mass is 405 g/mol. The van der Waals surface area contributed by atoms with Gasteiger partial charge in [0.1, 0.15) is 12.2 Å². The standard InChI is InChI=1S/C21H27NO7/c1-19-9-15(25)18-13(14(19)5-6-21(19,27)17(26)10-23)4-3-11-7-12(24)8-16(22(28)29)20(11,18)2/h7-8,13-15,18,23,25,27H,3-6,9-10H2,1-2H3/t13-,14-,15?,18+,19-,20+,21-/m0/s1. The van der Waals surface area contributed by atoms with Crippen molar-refractivity contribution in [3.05, 3.63) is 33.5 Å². The topological polar surface area (TPSA) is 138 Å². The number of allylic oxidation sites excluding steroid dienone is 3. The lowest BCUT2D eigenvalue weighted by Crippen LogP contribution is -2.62. The number of ketones is 2. The van der Waals surface area contributed by atoms with Crippen molar-refractivity contribution in [1.82, 2.24) is 0 Å². The van der Waals surface area contributed by atoms with E-state index in [1.54, 1.807) is 13.8 Å². The van der Waals surface area contributed by atoms with Gasteiger partial charge in [0.15, 0.2) is 11.6 Å². The number of aliphatic hydroxyl groups excluding tert-OH is 2. The fraction of sp³-hybridized carbons (Fsp3) is 0.714. The van der Waals surface area contributed by atoms with Crippen molar-refractivity contribution in [2.45, 2.75) is 57.7 Å². The third-order valence-electron chi connectivity index (χ3n) is 8.62. The summed E-state index contributed by atoms with van der Waals surface area (Å²) in [5, 5.41) is 43.6. The minimum Gasteiger partial charge on any atom is -0.393 e. The molecular formula is C21H27NO7. The van der Waals surface area contributed by atoms with E-state index in [0.29, 0.717) is 24.8 Å². The molecular weight excluding hydrogens is 378 g/mol. The van der Waals surface area contributed by atoms with Crippen LogP contribution in [-0.2, 0) is 9.59 Å². The van der Waals surface area contributed by atoms with E-state index in [1.807, 2.05) is 0 Å². The number of rotatable bonds is 3. The number of carbonyl (C=O) groups excluding carboxylic acids is 2. The molecule has 1 unspecified atom stereocenters. The third-order valence-corrected chi connectivity index (χ3v) is 8.62. The molecule has 7 atom stereocenters. The highest BCUT2D eigenvalue weighted by Crippen LogP contribution is 2.68. The van der Waals surface area contributed by atoms with E-state index < -0.39 is 51.5 Å². The van der Waals surface area contributed by atoms with Crippen LogP contribution in [-0.4, -0.2) is 50.1 Å². The molecule has 0 heterocycles. The first-order valence-corrected chi connectivity index (χ1v) is 10.2. The molecule has 4 aliphatic rings. The van der Waals surface area contributed by atoms with Gasteiger partial charge in [-0.2, -0.15) is 0 Å². The summed E-state index contributed by atoms with van der Waals surface area (Å²) in [4.78, 5) is 35.7. The molecule has 0 amide bonds. The van der Waals surface area contributed by atoms with E-state index in [1.165, 1.54) is 6.08 Å². The Balaban J connectivity index is 1.80. The smallest absolute Gasteiger partial charge is 0.260 e. The molecule has 4 rings (SSSR count). The van der Waals surface area contributed by atoms with E-state index in [-0.39, 0.29) is 30.4 Å². The number of fused-ring (bicyclic) bond motifs is 5. The van der Waals surface area contributed by atoms with Crippen LogP contribution in [0.2, 0.25) is 0 Å². The molecule has 3 saturated carbocycles. The van der Waals surface area contributed by atoms with Crippen molar-refractivity contribution >= 4 is 11.6 Å².